The molecule has 1 atom stereocenters. The molecule has 0 aromatic heterocycles. The number of anilines is 1. The monoisotopic (exact) mass is 312 g/mol. The van der Waals surface area contributed by atoms with Crippen LogP contribution in [0.25, 0.3) is 0 Å². The second-order valence-corrected chi connectivity index (χ2v) is 5.86. The number of methoxy groups -OCH3 is 1. The smallest absolute Gasteiger partial charge is 0.242 e. The van der Waals surface area contributed by atoms with Crippen molar-refractivity contribution in [2.45, 2.75) is 19.4 Å². The van der Waals surface area contributed by atoms with Crippen LogP contribution in [0, 0.1) is 6.92 Å². The number of aryl methyl sites for hydroxylation is 1. The van der Waals surface area contributed by atoms with Gasteiger partial charge < -0.3 is 10.1 Å². The van der Waals surface area contributed by atoms with Gasteiger partial charge in [0.1, 0.15) is 5.75 Å². The molecule has 0 aliphatic heterocycles. The lowest BCUT2D eigenvalue weighted by atomic mass is 10.0. The predicted molar refractivity (Wildman–Crippen MR) is 94.0 cm³/mol. The molecule has 4 nitrogen and oxygen atoms in total. The lowest BCUT2D eigenvalue weighted by Gasteiger charge is -2.24. The van der Waals surface area contributed by atoms with Crippen LogP contribution in [0.3, 0.4) is 0 Å². The van der Waals surface area contributed by atoms with Gasteiger partial charge in [0, 0.05) is 0 Å². The topological polar surface area (TPSA) is 41.6 Å². The molecule has 1 N–H and O–H groups in total. The van der Waals surface area contributed by atoms with Crippen LogP contribution in [0.5, 0.6) is 5.75 Å². The van der Waals surface area contributed by atoms with Gasteiger partial charge in [-0.2, -0.15) is 0 Å². The van der Waals surface area contributed by atoms with Gasteiger partial charge in [-0.15, -0.1) is 0 Å². The first-order valence-electron chi connectivity index (χ1n) is 7.67. The summed E-state index contributed by atoms with van der Waals surface area (Å²) < 4.78 is 5.33. The number of benzene rings is 2. The molecule has 4 heteroatoms. The number of nitrogens with zero attached hydrogens (tertiary/aromatic N) is 1. The highest BCUT2D eigenvalue weighted by Gasteiger charge is 2.22. The average Bonchev–Trinajstić information content (AvgIpc) is 2.53. The Bertz CT molecular complexity index is 654. The van der Waals surface area contributed by atoms with Crippen molar-refractivity contribution in [3.8, 4) is 5.75 Å². The SMILES string of the molecule is COc1ccc(C)cc1NC(=O)C(Cc1ccccc1)N(C)C. The Morgan fingerprint density at radius 1 is 1.17 bits per heavy atom. The molecule has 0 fully saturated rings. The van der Waals surface area contributed by atoms with Crippen molar-refractivity contribution in [3.63, 3.8) is 0 Å². The Morgan fingerprint density at radius 3 is 2.48 bits per heavy atom. The molecule has 0 aliphatic carbocycles. The number of ether oxygens (including phenoxy) is 1. The number of likely N-dealkylation sites (N-methyl/N-ethyl adjacent to an activating group) is 1. The van der Waals surface area contributed by atoms with Crippen LogP contribution in [0.4, 0.5) is 5.69 Å². The molecule has 0 radical (unpaired) electrons. The Kier molecular flexibility index (Phi) is 5.77. The number of carbonyl (C=O) groups excluding carboxylic acids is 1. The Balaban J connectivity index is 2.17. The number of rotatable bonds is 6. The van der Waals surface area contributed by atoms with Crippen molar-refractivity contribution in [3.05, 3.63) is 59.7 Å². The standard InChI is InChI=1S/C19H24N2O2/c1-14-10-11-18(23-4)16(12-14)20-19(22)17(21(2)3)13-15-8-6-5-7-9-15/h5-12,17H,13H2,1-4H3,(H,20,22). The molecule has 0 heterocycles. The van der Waals surface area contributed by atoms with E-state index >= 15 is 0 Å². The minimum atomic E-state index is -0.248. The molecule has 122 valence electrons. The second kappa shape index (κ2) is 7.79. The highest BCUT2D eigenvalue weighted by molar-refractivity contribution is 5.96. The van der Waals surface area contributed by atoms with Gasteiger partial charge in [0.2, 0.25) is 5.91 Å². The van der Waals surface area contributed by atoms with Gasteiger partial charge in [0.05, 0.1) is 18.8 Å². The summed E-state index contributed by atoms with van der Waals surface area (Å²) in [5.74, 6) is 0.629. The van der Waals surface area contributed by atoms with Gasteiger partial charge in [-0.3, -0.25) is 9.69 Å². The van der Waals surface area contributed by atoms with E-state index in [1.54, 1.807) is 7.11 Å². The number of hydrogen-bond donors (Lipinski definition) is 1. The first-order chi connectivity index (χ1) is 11.0. The highest BCUT2D eigenvalue weighted by Crippen LogP contribution is 2.25. The summed E-state index contributed by atoms with van der Waals surface area (Å²) in [6.07, 6.45) is 0.661. The third kappa shape index (κ3) is 4.57. The van der Waals surface area contributed by atoms with Crippen molar-refractivity contribution < 1.29 is 9.53 Å². The Labute approximate surface area is 138 Å². The summed E-state index contributed by atoms with van der Waals surface area (Å²) in [6, 6.07) is 15.5. The van der Waals surface area contributed by atoms with E-state index in [9.17, 15) is 4.79 Å². The molecule has 0 aliphatic rings. The number of hydrogen-bond acceptors (Lipinski definition) is 3. The zero-order valence-corrected chi connectivity index (χ0v) is 14.2. The van der Waals surface area contributed by atoms with Crippen LogP contribution < -0.4 is 10.1 Å². The number of amides is 1. The van der Waals surface area contributed by atoms with Crippen LogP contribution in [0.15, 0.2) is 48.5 Å². The Hall–Kier alpha value is -2.33. The molecule has 1 amide bonds. The number of carbonyl (C=O) groups is 1. The van der Waals surface area contributed by atoms with Crippen molar-refractivity contribution >= 4 is 11.6 Å². The largest absolute Gasteiger partial charge is 0.495 e. The van der Waals surface area contributed by atoms with E-state index in [1.165, 1.54) is 0 Å². The third-order valence-corrected chi connectivity index (χ3v) is 3.81. The van der Waals surface area contributed by atoms with E-state index in [0.717, 1.165) is 11.1 Å². The van der Waals surface area contributed by atoms with Gasteiger partial charge in [-0.25, -0.2) is 0 Å². The second-order valence-electron chi connectivity index (χ2n) is 5.86. The van der Waals surface area contributed by atoms with Crippen LogP contribution in [0.2, 0.25) is 0 Å². The zero-order valence-electron chi connectivity index (χ0n) is 14.2. The van der Waals surface area contributed by atoms with Crippen LogP contribution in [-0.4, -0.2) is 38.1 Å². The normalized spacial score (nSPS) is 12.0. The quantitative estimate of drug-likeness (QED) is 0.891. The summed E-state index contributed by atoms with van der Waals surface area (Å²) in [5.41, 5.74) is 2.92. The summed E-state index contributed by atoms with van der Waals surface area (Å²) in [5, 5.41) is 3.00. The average molecular weight is 312 g/mol. The van der Waals surface area contributed by atoms with Crippen molar-refractivity contribution in [2.24, 2.45) is 0 Å². The molecule has 23 heavy (non-hydrogen) atoms. The summed E-state index contributed by atoms with van der Waals surface area (Å²) >= 11 is 0. The molecule has 2 aromatic carbocycles. The van der Waals surface area contributed by atoms with E-state index in [0.29, 0.717) is 17.9 Å². The first-order valence-corrected chi connectivity index (χ1v) is 7.67. The molecule has 0 bridgehead atoms. The van der Waals surface area contributed by atoms with Gasteiger partial charge in [0.25, 0.3) is 0 Å². The Morgan fingerprint density at radius 2 is 1.87 bits per heavy atom. The maximum absolute atomic E-state index is 12.7. The fourth-order valence-corrected chi connectivity index (χ4v) is 2.48. The van der Waals surface area contributed by atoms with Crippen molar-refractivity contribution in [1.82, 2.24) is 4.90 Å². The molecule has 0 saturated heterocycles. The van der Waals surface area contributed by atoms with Gasteiger partial charge in [0.15, 0.2) is 0 Å². The summed E-state index contributed by atoms with van der Waals surface area (Å²) in [6.45, 7) is 1.99. The summed E-state index contributed by atoms with van der Waals surface area (Å²) in [7, 11) is 5.44. The predicted octanol–water partition coefficient (Wildman–Crippen LogP) is 3.12. The number of nitrogens with one attached hydrogen (secondary N) is 1. The first kappa shape index (κ1) is 17.0. The minimum Gasteiger partial charge on any atom is -0.495 e. The maximum Gasteiger partial charge on any atom is 0.242 e. The van der Waals surface area contributed by atoms with E-state index < -0.39 is 0 Å². The fourth-order valence-electron chi connectivity index (χ4n) is 2.48. The fraction of sp³-hybridized carbons (Fsp3) is 0.316. The van der Waals surface area contributed by atoms with Crippen molar-refractivity contribution in [1.29, 1.82) is 0 Å². The minimum absolute atomic E-state index is 0.0391. The van der Waals surface area contributed by atoms with Crippen LogP contribution in [-0.2, 0) is 11.2 Å². The maximum atomic E-state index is 12.7. The summed E-state index contributed by atoms with van der Waals surface area (Å²) in [4.78, 5) is 14.7. The van der Waals surface area contributed by atoms with Gasteiger partial charge in [-0.05, 0) is 50.7 Å². The van der Waals surface area contributed by atoms with E-state index in [-0.39, 0.29) is 11.9 Å². The molecule has 0 saturated carbocycles. The molecule has 2 rings (SSSR count). The molecule has 0 spiro atoms. The molecule has 1 unspecified atom stereocenters. The highest BCUT2D eigenvalue weighted by atomic mass is 16.5. The van der Waals surface area contributed by atoms with Crippen LogP contribution >= 0.6 is 0 Å². The lowest BCUT2D eigenvalue weighted by molar-refractivity contribution is -0.120. The lowest BCUT2D eigenvalue weighted by Crippen LogP contribution is -2.41. The molecular formula is C19H24N2O2. The zero-order chi connectivity index (χ0) is 16.8. The van der Waals surface area contributed by atoms with Crippen LogP contribution in [0.1, 0.15) is 11.1 Å². The third-order valence-electron chi connectivity index (χ3n) is 3.81. The van der Waals surface area contributed by atoms with E-state index in [1.807, 2.05) is 74.4 Å². The molecular weight excluding hydrogens is 288 g/mol. The van der Waals surface area contributed by atoms with Gasteiger partial charge >= 0.3 is 0 Å². The van der Waals surface area contributed by atoms with Crippen molar-refractivity contribution in [2.75, 3.05) is 26.5 Å². The van der Waals surface area contributed by atoms with E-state index in [2.05, 4.69) is 5.32 Å². The molecule has 2 aromatic rings. The van der Waals surface area contributed by atoms with Gasteiger partial charge in [-0.1, -0.05) is 36.4 Å². The van der Waals surface area contributed by atoms with E-state index in [4.69, 9.17) is 4.74 Å².